The van der Waals surface area contributed by atoms with Gasteiger partial charge < -0.3 is 10.2 Å². The molecule has 0 rings (SSSR count). The Hall–Kier alpha value is -0.200. The maximum Gasteiger partial charge on any atom is 0.0841 e. The fraction of sp³-hybridized carbons (Fsp3) is 1.00. The van der Waals surface area contributed by atoms with Crippen molar-refractivity contribution in [3.8, 4) is 0 Å². The zero-order valence-electron chi connectivity index (χ0n) is 21.5. The molecular formula is C26H55NO4. The van der Waals surface area contributed by atoms with Crippen molar-refractivity contribution in [3.05, 3.63) is 0 Å². The molecule has 2 N–H and O–H groups in total. The van der Waals surface area contributed by atoms with E-state index in [-0.39, 0.29) is 12.2 Å². The van der Waals surface area contributed by atoms with Crippen molar-refractivity contribution in [1.29, 1.82) is 0 Å². The Morgan fingerprint density at radius 3 is 1.26 bits per heavy atom. The summed E-state index contributed by atoms with van der Waals surface area (Å²) in [6.45, 7) is 10.7. The van der Waals surface area contributed by atoms with E-state index in [1.54, 1.807) is 19.1 Å². The molecular weight excluding hydrogens is 390 g/mol. The number of hydrogen-bond acceptors (Lipinski definition) is 5. The fourth-order valence-electron chi connectivity index (χ4n) is 3.87. The van der Waals surface area contributed by atoms with Crippen LogP contribution in [0.5, 0.6) is 0 Å². The van der Waals surface area contributed by atoms with Gasteiger partial charge in [0.1, 0.15) is 0 Å². The minimum absolute atomic E-state index is 0.0543. The highest BCUT2D eigenvalue weighted by Gasteiger charge is 2.20. The molecule has 5 heteroatoms. The lowest BCUT2D eigenvalue weighted by Crippen LogP contribution is -2.36. The molecule has 31 heavy (non-hydrogen) atoms. The average Bonchev–Trinajstić information content (AvgIpc) is 2.72. The summed E-state index contributed by atoms with van der Waals surface area (Å²) in [6.07, 6.45) is 17.8. The molecule has 0 radical (unpaired) electrons. The Bertz CT molecular complexity index is 345. The van der Waals surface area contributed by atoms with Gasteiger partial charge in [-0.25, -0.2) is 0 Å². The second kappa shape index (κ2) is 21.6. The van der Waals surface area contributed by atoms with Gasteiger partial charge >= 0.3 is 0 Å². The van der Waals surface area contributed by atoms with E-state index in [9.17, 15) is 10.2 Å². The standard InChI is InChI=1S/C26H55NO4/c1-6-9-10-11-12-13-14-15-16-17-18-19-20-27(30-25(7-2)21-23(4)28)31-26(8-3)22-24(5)29/h23-26,28-29H,6-22H2,1-5H3. The zero-order valence-corrected chi connectivity index (χ0v) is 21.5. The predicted molar refractivity (Wildman–Crippen MR) is 131 cm³/mol. The van der Waals surface area contributed by atoms with Crippen molar-refractivity contribution in [2.75, 3.05) is 6.54 Å². The van der Waals surface area contributed by atoms with Gasteiger partial charge in [0.25, 0.3) is 0 Å². The van der Waals surface area contributed by atoms with Gasteiger partial charge in [-0.1, -0.05) is 96.6 Å². The van der Waals surface area contributed by atoms with Gasteiger partial charge in [0.2, 0.25) is 0 Å². The van der Waals surface area contributed by atoms with E-state index in [0.29, 0.717) is 12.8 Å². The monoisotopic (exact) mass is 445 g/mol. The number of aliphatic hydroxyl groups excluding tert-OH is 2. The third-order valence-electron chi connectivity index (χ3n) is 5.85. The van der Waals surface area contributed by atoms with Crippen LogP contribution >= 0.6 is 0 Å². The van der Waals surface area contributed by atoms with Crippen LogP contribution in [0.15, 0.2) is 0 Å². The molecule has 0 bridgehead atoms. The van der Waals surface area contributed by atoms with Crippen LogP contribution in [0.25, 0.3) is 0 Å². The molecule has 0 aliphatic heterocycles. The summed E-state index contributed by atoms with van der Waals surface area (Å²) >= 11 is 0. The van der Waals surface area contributed by atoms with Crippen LogP contribution in [0.3, 0.4) is 0 Å². The third-order valence-corrected chi connectivity index (χ3v) is 5.85. The van der Waals surface area contributed by atoms with Crippen LogP contribution in [0.4, 0.5) is 0 Å². The molecule has 0 saturated heterocycles. The topological polar surface area (TPSA) is 62.2 Å². The van der Waals surface area contributed by atoms with Gasteiger partial charge in [-0.2, -0.15) is 0 Å². The first-order valence-electron chi connectivity index (χ1n) is 13.4. The molecule has 0 amide bonds. The van der Waals surface area contributed by atoms with Crippen LogP contribution < -0.4 is 0 Å². The fourth-order valence-corrected chi connectivity index (χ4v) is 3.87. The number of nitrogens with zero attached hydrogens (tertiary/aromatic N) is 1. The number of rotatable bonds is 23. The smallest absolute Gasteiger partial charge is 0.0841 e. The third kappa shape index (κ3) is 20.2. The Labute approximate surface area is 193 Å². The van der Waals surface area contributed by atoms with Crippen LogP contribution in [0.1, 0.15) is 137 Å². The van der Waals surface area contributed by atoms with Crippen LogP contribution in [0, 0.1) is 0 Å². The highest BCUT2D eigenvalue weighted by Crippen LogP contribution is 2.17. The molecule has 0 saturated carbocycles. The maximum absolute atomic E-state index is 9.73. The highest BCUT2D eigenvalue weighted by molar-refractivity contribution is 4.61. The molecule has 0 aromatic heterocycles. The normalized spacial score (nSPS) is 15.9. The second-order valence-electron chi connectivity index (χ2n) is 9.39. The van der Waals surface area contributed by atoms with Crippen LogP contribution in [-0.4, -0.2) is 46.4 Å². The lowest BCUT2D eigenvalue weighted by Gasteiger charge is -2.30. The molecule has 0 fully saturated rings. The first kappa shape index (κ1) is 30.8. The van der Waals surface area contributed by atoms with Crippen LogP contribution in [0.2, 0.25) is 0 Å². The molecule has 0 aromatic rings. The molecule has 5 nitrogen and oxygen atoms in total. The predicted octanol–water partition coefficient (Wildman–Crippen LogP) is 6.95. The lowest BCUT2D eigenvalue weighted by molar-refractivity contribution is -0.405. The quantitative estimate of drug-likeness (QED) is 0.132. The Morgan fingerprint density at radius 1 is 0.581 bits per heavy atom. The number of aliphatic hydroxyl groups is 2. The number of hydrogen-bond donors (Lipinski definition) is 2. The molecule has 0 spiro atoms. The van der Waals surface area contributed by atoms with Crippen molar-refractivity contribution in [3.63, 3.8) is 0 Å². The summed E-state index contributed by atoms with van der Waals surface area (Å²) in [5.74, 6) is 0. The lowest BCUT2D eigenvalue weighted by atomic mass is 10.1. The molecule has 4 atom stereocenters. The van der Waals surface area contributed by atoms with Gasteiger partial charge in [0.05, 0.1) is 31.0 Å². The zero-order chi connectivity index (χ0) is 23.3. The SMILES string of the molecule is CCCCCCCCCCCCCCN(OC(CC)CC(C)O)OC(CC)CC(C)O. The summed E-state index contributed by atoms with van der Waals surface area (Å²) in [6, 6.07) is 0. The largest absolute Gasteiger partial charge is 0.393 e. The van der Waals surface area contributed by atoms with E-state index < -0.39 is 12.2 Å². The number of unbranched alkanes of at least 4 members (excludes halogenated alkanes) is 11. The molecule has 0 aliphatic carbocycles. The summed E-state index contributed by atoms with van der Waals surface area (Å²) in [5.41, 5.74) is 0. The highest BCUT2D eigenvalue weighted by atomic mass is 17.0. The summed E-state index contributed by atoms with van der Waals surface area (Å²) in [4.78, 5) is 12.2. The Balaban J connectivity index is 4.17. The maximum atomic E-state index is 9.73. The van der Waals surface area contributed by atoms with E-state index in [4.69, 9.17) is 9.68 Å². The minimum Gasteiger partial charge on any atom is -0.393 e. The first-order chi connectivity index (χ1) is 14.9. The summed E-state index contributed by atoms with van der Waals surface area (Å²) in [7, 11) is 0. The molecule has 0 heterocycles. The first-order valence-corrected chi connectivity index (χ1v) is 13.4. The Morgan fingerprint density at radius 2 is 0.935 bits per heavy atom. The van der Waals surface area contributed by atoms with Gasteiger partial charge in [-0.05, 0) is 33.1 Å². The van der Waals surface area contributed by atoms with Crippen molar-refractivity contribution < 1.29 is 19.9 Å². The van der Waals surface area contributed by atoms with Gasteiger partial charge in [0.15, 0.2) is 0 Å². The van der Waals surface area contributed by atoms with Crippen molar-refractivity contribution in [1.82, 2.24) is 5.23 Å². The number of hydroxylamine groups is 2. The van der Waals surface area contributed by atoms with Crippen molar-refractivity contribution in [2.24, 2.45) is 0 Å². The summed E-state index contributed by atoms with van der Waals surface area (Å²) < 4.78 is 0. The second-order valence-corrected chi connectivity index (χ2v) is 9.39. The van der Waals surface area contributed by atoms with Gasteiger partial charge in [-0.3, -0.25) is 9.68 Å². The van der Waals surface area contributed by atoms with E-state index in [1.807, 2.05) is 0 Å². The average molecular weight is 446 g/mol. The molecule has 4 unspecified atom stereocenters. The van der Waals surface area contributed by atoms with Gasteiger partial charge in [0, 0.05) is 12.8 Å². The van der Waals surface area contributed by atoms with E-state index in [2.05, 4.69) is 20.8 Å². The van der Waals surface area contributed by atoms with Gasteiger partial charge in [-0.15, -0.1) is 0 Å². The summed E-state index contributed by atoms with van der Waals surface area (Å²) in [5, 5.41) is 21.1. The van der Waals surface area contributed by atoms with E-state index in [0.717, 1.165) is 25.8 Å². The van der Waals surface area contributed by atoms with E-state index in [1.165, 1.54) is 70.6 Å². The Kier molecular flexibility index (Phi) is 21.5. The van der Waals surface area contributed by atoms with E-state index >= 15 is 0 Å². The van der Waals surface area contributed by atoms with Crippen molar-refractivity contribution in [2.45, 2.75) is 162 Å². The van der Waals surface area contributed by atoms with Crippen molar-refractivity contribution >= 4 is 0 Å². The van der Waals surface area contributed by atoms with Crippen LogP contribution in [-0.2, 0) is 9.68 Å². The molecule has 0 aromatic carbocycles. The molecule has 188 valence electrons. The molecule has 0 aliphatic rings. The minimum atomic E-state index is -0.391.